The predicted molar refractivity (Wildman–Crippen MR) is 87.0 cm³/mol. The monoisotopic (exact) mass is 359 g/mol. The number of halogens is 1. The molecule has 2 aromatic carbocycles. The number of carboxylic acid groups (broad SMARTS) is 1. The molecule has 3 aromatic rings. The van der Waals surface area contributed by atoms with E-state index in [1.165, 1.54) is 11.8 Å². The van der Waals surface area contributed by atoms with Crippen LogP contribution in [0, 0.1) is 0 Å². The lowest BCUT2D eigenvalue weighted by Gasteiger charge is -2.07. The van der Waals surface area contributed by atoms with Crippen molar-refractivity contribution in [3.05, 3.63) is 64.6 Å². The third-order valence-electron chi connectivity index (χ3n) is 2.96. The second kappa shape index (κ2) is 5.87. The number of nitrogens with zero attached hydrogens (tertiary/aromatic N) is 1. The van der Waals surface area contributed by atoms with E-state index in [-0.39, 0.29) is 5.56 Å². The zero-order valence-electron chi connectivity index (χ0n) is 10.8. The van der Waals surface area contributed by atoms with Crippen molar-refractivity contribution in [2.75, 3.05) is 0 Å². The SMILES string of the molecule is O=C(O)c1ccc(Br)cc1Sc1ccc2ccccc2n1. The Morgan fingerprint density at radius 2 is 1.90 bits per heavy atom. The molecule has 1 heterocycles. The molecule has 0 saturated carbocycles. The summed E-state index contributed by atoms with van der Waals surface area (Å²) in [4.78, 5) is 16.5. The van der Waals surface area contributed by atoms with E-state index < -0.39 is 5.97 Å². The third-order valence-corrected chi connectivity index (χ3v) is 4.45. The Labute approximate surface area is 134 Å². The maximum absolute atomic E-state index is 11.3. The minimum atomic E-state index is -0.939. The lowest BCUT2D eigenvalue weighted by atomic mass is 10.2. The molecular formula is C16H10BrNO2S. The van der Waals surface area contributed by atoms with E-state index in [1.807, 2.05) is 36.4 Å². The van der Waals surface area contributed by atoms with Gasteiger partial charge < -0.3 is 5.11 Å². The first-order valence-corrected chi connectivity index (χ1v) is 7.81. The van der Waals surface area contributed by atoms with Crippen molar-refractivity contribution in [3.63, 3.8) is 0 Å². The Morgan fingerprint density at radius 3 is 2.71 bits per heavy atom. The highest BCUT2D eigenvalue weighted by molar-refractivity contribution is 9.10. The molecule has 104 valence electrons. The van der Waals surface area contributed by atoms with Crippen LogP contribution in [0.2, 0.25) is 0 Å². The van der Waals surface area contributed by atoms with E-state index in [0.717, 1.165) is 20.4 Å². The summed E-state index contributed by atoms with van der Waals surface area (Å²) in [6, 6.07) is 16.8. The first kappa shape index (κ1) is 14.1. The highest BCUT2D eigenvalue weighted by atomic mass is 79.9. The van der Waals surface area contributed by atoms with E-state index >= 15 is 0 Å². The van der Waals surface area contributed by atoms with Gasteiger partial charge in [0.25, 0.3) is 0 Å². The Kier molecular flexibility index (Phi) is 3.94. The Hall–Kier alpha value is -1.85. The lowest BCUT2D eigenvalue weighted by molar-refractivity contribution is 0.0693. The second-order valence-corrected chi connectivity index (χ2v) is 6.37. The largest absolute Gasteiger partial charge is 0.478 e. The summed E-state index contributed by atoms with van der Waals surface area (Å²) in [5, 5.41) is 11.1. The van der Waals surface area contributed by atoms with Gasteiger partial charge in [0, 0.05) is 14.8 Å². The van der Waals surface area contributed by atoms with Crippen molar-refractivity contribution in [1.82, 2.24) is 4.98 Å². The summed E-state index contributed by atoms with van der Waals surface area (Å²) in [6.07, 6.45) is 0. The van der Waals surface area contributed by atoms with Crippen LogP contribution in [0.4, 0.5) is 0 Å². The van der Waals surface area contributed by atoms with Gasteiger partial charge in [0.2, 0.25) is 0 Å². The molecule has 0 radical (unpaired) electrons. The van der Waals surface area contributed by atoms with Crippen LogP contribution in [-0.2, 0) is 0 Å². The van der Waals surface area contributed by atoms with Gasteiger partial charge in [-0.2, -0.15) is 0 Å². The second-order valence-electron chi connectivity index (χ2n) is 4.39. The molecule has 3 nitrogen and oxygen atoms in total. The number of para-hydroxylation sites is 1. The summed E-state index contributed by atoms with van der Waals surface area (Å²) in [7, 11) is 0. The molecule has 3 rings (SSSR count). The Bertz CT molecular complexity index is 835. The Balaban J connectivity index is 2.02. The molecule has 0 aliphatic rings. The van der Waals surface area contributed by atoms with Gasteiger partial charge in [-0.3, -0.25) is 0 Å². The van der Waals surface area contributed by atoms with Crippen LogP contribution in [0.5, 0.6) is 0 Å². The number of aromatic nitrogens is 1. The van der Waals surface area contributed by atoms with Crippen molar-refractivity contribution >= 4 is 44.6 Å². The standard InChI is InChI=1S/C16H10BrNO2S/c17-11-6-7-12(16(19)20)14(9-11)21-15-8-5-10-3-1-2-4-13(10)18-15/h1-9H,(H,19,20). The van der Waals surface area contributed by atoms with Crippen molar-refractivity contribution < 1.29 is 9.90 Å². The molecule has 0 aliphatic carbocycles. The summed E-state index contributed by atoms with van der Waals surface area (Å²) >= 11 is 4.72. The van der Waals surface area contributed by atoms with Crippen molar-refractivity contribution in [2.24, 2.45) is 0 Å². The molecule has 0 saturated heterocycles. The van der Waals surface area contributed by atoms with Crippen LogP contribution in [-0.4, -0.2) is 16.1 Å². The number of carbonyl (C=O) groups is 1. The third kappa shape index (κ3) is 3.09. The highest BCUT2D eigenvalue weighted by Gasteiger charge is 2.12. The van der Waals surface area contributed by atoms with Gasteiger partial charge in [0.05, 0.1) is 11.1 Å². The Morgan fingerprint density at radius 1 is 1.10 bits per heavy atom. The smallest absolute Gasteiger partial charge is 0.336 e. The van der Waals surface area contributed by atoms with Gasteiger partial charge in [-0.05, 0) is 30.3 Å². The van der Waals surface area contributed by atoms with Gasteiger partial charge in [-0.25, -0.2) is 9.78 Å². The number of rotatable bonds is 3. The minimum Gasteiger partial charge on any atom is -0.478 e. The van der Waals surface area contributed by atoms with Crippen molar-refractivity contribution in [1.29, 1.82) is 0 Å². The van der Waals surface area contributed by atoms with Crippen LogP contribution in [0.25, 0.3) is 10.9 Å². The van der Waals surface area contributed by atoms with Crippen LogP contribution >= 0.6 is 27.7 Å². The zero-order chi connectivity index (χ0) is 14.8. The average molecular weight is 360 g/mol. The van der Waals surface area contributed by atoms with E-state index in [4.69, 9.17) is 0 Å². The molecular weight excluding hydrogens is 350 g/mol. The molecule has 21 heavy (non-hydrogen) atoms. The summed E-state index contributed by atoms with van der Waals surface area (Å²) in [6.45, 7) is 0. The number of hydrogen-bond acceptors (Lipinski definition) is 3. The van der Waals surface area contributed by atoms with Gasteiger partial charge >= 0.3 is 5.97 Å². The fraction of sp³-hybridized carbons (Fsp3) is 0. The van der Waals surface area contributed by atoms with Gasteiger partial charge in [-0.1, -0.05) is 52.0 Å². The number of benzene rings is 2. The number of fused-ring (bicyclic) bond motifs is 1. The van der Waals surface area contributed by atoms with E-state index in [9.17, 15) is 9.90 Å². The van der Waals surface area contributed by atoms with E-state index in [1.54, 1.807) is 18.2 Å². The van der Waals surface area contributed by atoms with Crippen LogP contribution < -0.4 is 0 Å². The molecule has 1 aromatic heterocycles. The summed E-state index contributed by atoms with van der Waals surface area (Å²) in [5.41, 5.74) is 1.17. The van der Waals surface area contributed by atoms with Crippen molar-refractivity contribution in [2.45, 2.75) is 9.92 Å². The average Bonchev–Trinajstić information content (AvgIpc) is 2.47. The number of hydrogen-bond donors (Lipinski definition) is 1. The number of carboxylic acids is 1. The molecule has 0 bridgehead atoms. The van der Waals surface area contributed by atoms with E-state index in [0.29, 0.717) is 4.90 Å². The predicted octanol–water partition coefficient (Wildman–Crippen LogP) is 4.85. The molecule has 0 unspecified atom stereocenters. The number of aromatic carboxylic acids is 1. The first-order chi connectivity index (χ1) is 10.1. The van der Waals surface area contributed by atoms with Crippen LogP contribution in [0.3, 0.4) is 0 Å². The fourth-order valence-electron chi connectivity index (χ4n) is 1.97. The maximum Gasteiger partial charge on any atom is 0.336 e. The lowest BCUT2D eigenvalue weighted by Crippen LogP contribution is -1.98. The molecule has 0 atom stereocenters. The molecule has 0 amide bonds. The van der Waals surface area contributed by atoms with Crippen LogP contribution in [0.15, 0.2) is 69.0 Å². The van der Waals surface area contributed by atoms with Crippen molar-refractivity contribution in [3.8, 4) is 0 Å². The summed E-state index contributed by atoms with van der Waals surface area (Å²) in [5.74, 6) is -0.939. The minimum absolute atomic E-state index is 0.276. The zero-order valence-corrected chi connectivity index (χ0v) is 13.2. The first-order valence-electron chi connectivity index (χ1n) is 6.20. The molecule has 0 aliphatic heterocycles. The van der Waals surface area contributed by atoms with Gasteiger partial charge in [0.15, 0.2) is 0 Å². The summed E-state index contributed by atoms with van der Waals surface area (Å²) < 4.78 is 0.843. The maximum atomic E-state index is 11.3. The molecule has 0 spiro atoms. The molecule has 0 fully saturated rings. The highest BCUT2D eigenvalue weighted by Crippen LogP contribution is 2.32. The quantitative estimate of drug-likeness (QED) is 0.726. The van der Waals surface area contributed by atoms with Gasteiger partial charge in [0.1, 0.15) is 5.03 Å². The molecule has 5 heteroatoms. The van der Waals surface area contributed by atoms with Gasteiger partial charge in [-0.15, -0.1) is 0 Å². The molecule has 1 N–H and O–H groups in total. The van der Waals surface area contributed by atoms with Crippen LogP contribution in [0.1, 0.15) is 10.4 Å². The fourth-order valence-corrected chi connectivity index (χ4v) is 3.44. The van der Waals surface area contributed by atoms with E-state index in [2.05, 4.69) is 20.9 Å². The normalized spacial score (nSPS) is 10.7. The number of pyridine rings is 1. The topological polar surface area (TPSA) is 50.2 Å².